The van der Waals surface area contributed by atoms with Crippen LogP contribution in [0.5, 0.6) is 5.75 Å². The molecular weight excluding hydrogens is 452 g/mol. The summed E-state index contributed by atoms with van der Waals surface area (Å²) in [5.41, 5.74) is 2.90. The van der Waals surface area contributed by atoms with E-state index in [1.165, 1.54) is 0 Å². The highest BCUT2D eigenvalue weighted by atomic mass is 79.9. The van der Waals surface area contributed by atoms with Gasteiger partial charge in [0.15, 0.2) is 5.95 Å². The van der Waals surface area contributed by atoms with Gasteiger partial charge in [-0.2, -0.15) is 0 Å². The van der Waals surface area contributed by atoms with Gasteiger partial charge in [-0.3, -0.25) is 4.79 Å². The minimum absolute atomic E-state index is 0.0935. The van der Waals surface area contributed by atoms with Gasteiger partial charge in [-0.25, -0.2) is 4.98 Å². The molecule has 2 N–H and O–H groups in total. The zero-order valence-corrected chi connectivity index (χ0v) is 17.5. The summed E-state index contributed by atoms with van der Waals surface area (Å²) in [5, 5.41) is 3.03. The normalized spacial score (nSPS) is 17.2. The van der Waals surface area contributed by atoms with Crippen LogP contribution in [-0.2, 0) is 17.6 Å². The molecule has 1 atom stereocenters. The Bertz CT molecular complexity index is 783. The Kier molecular flexibility index (Phi) is 5.38. The molecule has 2 heterocycles. The van der Waals surface area contributed by atoms with Crippen molar-refractivity contribution in [1.29, 1.82) is 0 Å². The van der Waals surface area contributed by atoms with Crippen molar-refractivity contribution in [1.82, 2.24) is 14.9 Å². The standard InChI is InChI=1S/C17H20Br2N4O2/c1-20-17-21-13-4-5-23(2)16(24)10(14(13)22-17)6-9-7-11(18)15(25-3)12(19)8-9/h7-8,10H,4-6H2,1-3H3,(H2,20,21,22). The zero-order chi connectivity index (χ0) is 18.1. The van der Waals surface area contributed by atoms with Gasteiger partial charge in [0.05, 0.1) is 27.7 Å². The van der Waals surface area contributed by atoms with E-state index in [1.54, 1.807) is 12.0 Å². The summed E-state index contributed by atoms with van der Waals surface area (Å²) in [5.74, 6) is 1.22. The van der Waals surface area contributed by atoms with E-state index in [9.17, 15) is 4.79 Å². The highest BCUT2D eigenvalue weighted by molar-refractivity contribution is 9.11. The number of H-pyrrole nitrogens is 1. The van der Waals surface area contributed by atoms with Crippen molar-refractivity contribution in [3.8, 4) is 5.75 Å². The Hall–Kier alpha value is -1.54. The monoisotopic (exact) mass is 470 g/mol. The molecule has 25 heavy (non-hydrogen) atoms. The first-order valence-electron chi connectivity index (χ1n) is 7.98. The van der Waals surface area contributed by atoms with Crippen LogP contribution in [0.15, 0.2) is 21.1 Å². The molecule has 0 bridgehead atoms. The number of amides is 1. The van der Waals surface area contributed by atoms with Crippen LogP contribution >= 0.6 is 31.9 Å². The Morgan fingerprint density at radius 3 is 2.68 bits per heavy atom. The van der Waals surface area contributed by atoms with E-state index in [2.05, 4.69) is 47.1 Å². The molecule has 0 fully saturated rings. The summed E-state index contributed by atoms with van der Waals surface area (Å²) in [7, 11) is 5.29. The third-order valence-corrected chi connectivity index (χ3v) is 5.63. The summed E-state index contributed by atoms with van der Waals surface area (Å²) < 4.78 is 7.07. The van der Waals surface area contributed by atoms with Crippen molar-refractivity contribution >= 4 is 43.7 Å². The van der Waals surface area contributed by atoms with Gasteiger partial charge in [-0.1, -0.05) is 0 Å². The third kappa shape index (κ3) is 3.55. The maximum absolute atomic E-state index is 12.9. The van der Waals surface area contributed by atoms with Crippen LogP contribution in [0.25, 0.3) is 0 Å². The molecule has 134 valence electrons. The maximum atomic E-state index is 12.9. The number of fused-ring (bicyclic) bond motifs is 1. The smallest absolute Gasteiger partial charge is 0.231 e. The molecule has 3 rings (SSSR count). The molecular formula is C17H20Br2N4O2. The molecule has 0 radical (unpaired) electrons. The molecule has 6 nitrogen and oxygen atoms in total. The summed E-state index contributed by atoms with van der Waals surface area (Å²) in [6.45, 7) is 0.684. The van der Waals surface area contributed by atoms with Crippen LogP contribution in [0.2, 0.25) is 0 Å². The number of nitrogens with zero attached hydrogens (tertiary/aromatic N) is 2. The van der Waals surface area contributed by atoms with Gasteiger partial charge in [-0.05, 0) is 56.0 Å². The Morgan fingerprint density at radius 2 is 2.08 bits per heavy atom. The fourth-order valence-electron chi connectivity index (χ4n) is 3.14. The molecule has 1 aromatic carbocycles. The lowest BCUT2D eigenvalue weighted by molar-refractivity contribution is -0.131. The van der Waals surface area contributed by atoms with Crippen molar-refractivity contribution in [3.05, 3.63) is 38.0 Å². The average Bonchev–Trinajstić information content (AvgIpc) is 2.95. The lowest BCUT2D eigenvalue weighted by Gasteiger charge is -2.20. The Labute approximate surface area is 163 Å². The number of hydrogen-bond donors (Lipinski definition) is 2. The number of carbonyl (C=O) groups is 1. The number of methoxy groups -OCH3 is 1. The van der Waals surface area contributed by atoms with E-state index in [1.807, 2.05) is 26.2 Å². The fraction of sp³-hybridized carbons (Fsp3) is 0.412. The molecule has 0 spiro atoms. The number of benzene rings is 1. The first kappa shape index (κ1) is 18.3. The Balaban J connectivity index is 1.99. The molecule has 8 heteroatoms. The SMILES string of the molecule is CNc1nc2c([nH]1)CCN(C)C(=O)C2Cc1cc(Br)c(OC)c(Br)c1. The number of aromatic amines is 1. The summed E-state index contributed by atoms with van der Waals surface area (Å²) >= 11 is 7.06. The van der Waals surface area contributed by atoms with E-state index in [0.29, 0.717) is 18.9 Å². The summed E-state index contributed by atoms with van der Waals surface area (Å²) in [4.78, 5) is 22.6. The second kappa shape index (κ2) is 7.37. The number of likely N-dealkylation sites (N-methyl/N-ethyl adjacent to an activating group) is 1. The molecule has 1 aliphatic heterocycles. The van der Waals surface area contributed by atoms with Gasteiger partial charge >= 0.3 is 0 Å². The molecule has 1 unspecified atom stereocenters. The van der Waals surface area contributed by atoms with E-state index in [-0.39, 0.29) is 11.8 Å². The number of carbonyl (C=O) groups excluding carboxylic acids is 1. The number of halogens is 2. The number of aromatic nitrogens is 2. The minimum Gasteiger partial charge on any atom is -0.494 e. The van der Waals surface area contributed by atoms with Crippen LogP contribution in [0.4, 0.5) is 5.95 Å². The van der Waals surface area contributed by atoms with Gasteiger partial charge in [0.2, 0.25) is 5.91 Å². The number of rotatable bonds is 4. The quantitative estimate of drug-likeness (QED) is 0.717. The minimum atomic E-state index is -0.312. The van der Waals surface area contributed by atoms with E-state index >= 15 is 0 Å². The third-order valence-electron chi connectivity index (χ3n) is 4.45. The van der Waals surface area contributed by atoms with Crippen molar-refractivity contribution in [3.63, 3.8) is 0 Å². The number of ether oxygens (including phenoxy) is 1. The summed E-state index contributed by atoms with van der Waals surface area (Å²) in [6, 6.07) is 3.99. The zero-order valence-electron chi connectivity index (χ0n) is 14.3. The topological polar surface area (TPSA) is 70.2 Å². The number of hydrogen-bond acceptors (Lipinski definition) is 4. The molecule has 2 aromatic rings. The molecule has 0 saturated heterocycles. The van der Waals surface area contributed by atoms with E-state index in [4.69, 9.17) is 4.74 Å². The average molecular weight is 472 g/mol. The van der Waals surface area contributed by atoms with Gasteiger partial charge in [0.1, 0.15) is 5.75 Å². The molecule has 0 saturated carbocycles. The van der Waals surface area contributed by atoms with Gasteiger partial charge in [0, 0.05) is 32.8 Å². The number of anilines is 1. The second-order valence-corrected chi connectivity index (χ2v) is 7.77. The van der Waals surface area contributed by atoms with Crippen molar-refractivity contribution in [2.75, 3.05) is 33.1 Å². The van der Waals surface area contributed by atoms with Crippen LogP contribution in [-0.4, -0.2) is 48.5 Å². The van der Waals surface area contributed by atoms with E-state index in [0.717, 1.165) is 38.1 Å². The molecule has 0 aliphatic carbocycles. The van der Waals surface area contributed by atoms with Crippen LogP contribution in [0.3, 0.4) is 0 Å². The van der Waals surface area contributed by atoms with Gasteiger partial charge < -0.3 is 19.9 Å². The first-order valence-corrected chi connectivity index (χ1v) is 9.56. The second-order valence-electron chi connectivity index (χ2n) is 6.06. The summed E-state index contributed by atoms with van der Waals surface area (Å²) in [6.07, 6.45) is 1.35. The highest BCUT2D eigenvalue weighted by Gasteiger charge is 2.32. The first-order chi connectivity index (χ1) is 11.9. The van der Waals surface area contributed by atoms with Crippen molar-refractivity contribution in [2.45, 2.75) is 18.8 Å². The predicted molar refractivity (Wildman–Crippen MR) is 104 cm³/mol. The van der Waals surface area contributed by atoms with Crippen molar-refractivity contribution in [2.24, 2.45) is 0 Å². The van der Waals surface area contributed by atoms with Crippen LogP contribution in [0.1, 0.15) is 22.9 Å². The highest BCUT2D eigenvalue weighted by Crippen LogP contribution is 2.36. The van der Waals surface area contributed by atoms with Gasteiger partial charge in [-0.15, -0.1) is 0 Å². The van der Waals surface area contributed by atoms with E-state index < -0.39 is 0 Å². The van der Waals surface area contributed by atoms with Crippen LogP contribution < -0.4 is 10.1 Å². The molecule has 1 amide bonds. The largest absolute Gasteiger partial charge is 0.494 e. The van der Waals surface area contributed by atoms with Crippen molar-refractivity contribution < 1.29 is 9.53 Å². The Morgan fingerprint density at radius 1 is 1.40 bits per heavy atom. The molecule has 1 aliphatic rings. The number of imidazole rings is 1. The lowest BCUT2D eigenvalue weighted by atomic mass is 9.94. The van der Waals surface area contributed by atoms with Crippen LogP contribution in [0, 0.1) is 0 Å². The number of nitrogens with one attached hydrogen (secondary N) is 2. The maximum Gasteiger partial charge on any atom is 0.231 e. The van der Waals surface area contributed by atoms with Gasteiger partial charge in [0.25, 0.3) is 0 Å². The molecule has 1 aromatic heterocycles. The fourth-order valence-corrected chi connectivity index (χ4v) is 4.74. The predicted octanol–water partition coefficient (Wildman–Crippen LogP) is 3.33. The lowest BCUT2D eigenvalue weighted by Crippen LogP contribution is -2.32.